The second-order valence-corrected chi connectivity index (χ2v) is 4.46. The van der Waals surface area contributed by atoms with Crippen LogP contribution >= 0.6 is 0 Å². The van der Waals surface area contributed by atoms with Gasteiger partial charge >= 0.3 is 0 Å². The molecule has 3 rings (SSSR count). The zero-order valence-electron chi connectivity index (χ0n) is 10.7. The third kappa shape index (κ3) is 2.22. The van der Waals surface area contributed by atoms with Crippen molar-refractivity contribution in [2.75, 3.05) is 0 Å². The van der Waals surface area contributed by atoms with Gasteiger partial charge in [0.25, 0.3) is 0 Å². The number of rotatable bonds is 3. The van der Waals surface area contributed by atoms with Gasteiger partial charge in [0.15, 0.2) is 5.65 Å². The van der Waals surface area contributed by atoms with E-state index in [2.05, 4.69) is 41.3 Å². The molecule has 0 radical (unpaired) electrons. The van der Waals surface area contributed by atoms with E-state index in [-0.39, 0.29) is 6.61 Å². The largest absolute Gasteiger partial charge is 0.390 e. The highest BCUT2D eigenvalue weighted by atomic mass is 16.3. The number of fused-ring (bicyclic) bond motifs is 1. The van der Waals surface area contributed by atoms with Crippen molar-refractivity contribution in [3.63, 3.8) is 0 Å². The summed E-state index contributed by atoms with van der Waals surface area (Å²) in [6.45, 7) is 2.07. The number of aliphatic hydroxyl groups excluding tert-OH is 1. The molecule has 0 aliphatic rings. The number of aromatic nitrogens is 3. The van der Waals surface area contributed by atoms with Crippen molar-refractivity contribution in [2.45, 2.75) is 20.0 Å². The summed E-state index contributed by atoms with van der Waals surface area (Å²) in [7, 11) is 0. The summed E-state index contributed by atoms with van der Waals surface area (Å²) in [5, 5.41) is 13.6. The number of benzene rings is 1. The van der Waals surface area contributed by atoms with E-state index in [9.17, 15) is 0 Å². The number of hydrogen-bond donors (Lipinski definition) is 1. The van der Waals surface area contributed by atoms with Crippen LogP contribution in [0.4, 0.5) is 0 Å². The third-order valence-electron chi connectivity index (χ3n) is 3.19. The van der Waals surface area contributed by atoms with Crippen molar-refractivity contribution in [3.8, 4) is 11.3 Å². The first kappa shape index (κ1) is 11.9. The van der Waals surface area contributed by atoms with Crippen LogP contribution in [0.3, 0.4) is 0 Å². The molecule has 0 spiro atoms. The Balaban J connectivity index is 2.03. The van der Waals surface area contributed by atoms with Gasteiger partial charge in [-0.1, -0.05) is 31.2 Å². The van der Waals surface area contributed by atoms with Crippen molar-refractivity contribution >= 4 is 5.65 Å². The predicted molar refractivity (Wildman–Crippen MR) is 73.7 cm³/mol. The first-order valence-corrected chi connectivity index (χ1v) is 6.35. The molecule has 0 unspecified atom stereocenters. The number of aliphatic hydroxyl groups is 1. The summed E-state index contributed by atoms with van der Waals surface area (Å²) in [4.78, 5) is 4.24. The number of hydrogen-bond acceptors (Lipinski definition) is 3. The second-order valence-electron chi connectivity index (χ2n) is 4.46. The van der Waals surface area contributed by atoms with E-state index in [1.165, 1.54) is 5.56 Å². The molecule has 0 aliphatic heterocycles. The van der Waals surface area contributed by atoms with E-state index in [0.717, 1.165) is 23.3 Å². The monoisotopic (exact) mass is 253 g/mol. The van der Waals surface area contributed by atoms with Gasteiger partial charge in [0.1, 0.15) is 0 Å². The van der Waals surface area contributed by atoms with Gasteiger partial charge in [-0.15, -0.1) is 0 Å². The first-order chi connectivity index (χ1) is 9.30. The van der Waals surface area contributed by atoms with Gasteiger partial charge in [-0.25, -0.2) is 9.50 Å². The number of nitrogens with zero attached hydrogens (tertiary/aromatic N) is 3. The van der Waals surface area contributed by atoms with Gasteiger partial charge in [0.05, 0.1) is 24.2 Å². The smallest absolute Gasteiger partial charge is 0.153 e. The molecule has 4 nitrogen and oxygen atoms in total. The summed E-state index contributed by atoms with van der Waals surface area (Å²) in [6.07, 6.45) is 2.79. The van der Waals surface area contributed by atoms with Gasteiger partial charge in [-0.05, 0) is 24.1 Å². The lowest BCUT2D eigenvalue weighted by atomic mass is 10.1. The lowest BCUT2D eigenvalue weighted by molar-refractivity contribution is 0.277. The molecule has 2 aromatic heterocycles. The highest BCUT2D eigenvalue weighted by Crippen LogP contribution is 2.18. The van der Waals surface area contributed by atoms with E-state index in [1.807, 2.05) is 12.1 Å². The maximum Gasteiger partial charge on any atom is 0.153 e. The molecule has 1 aromatic carbocycles. The number of aryl methyl sites for hydroxylation is 1. The predicted octanol–water partition coefficient (Wildman–Crippen LogP) is 2.45. The number of imidazole rings is 1. The Morgan fingerprint density at radius 3 is 2.58 bits per heavy atom. The Morgan fingerprint density at radius 2 is 1.89 bits per heavy atom. The van der Waals surface area contributed by atoms with Crippen LogP contribution in [0.5, 0.6) is 0 Å². The molecule has 19 heavy (non-hydrogen) atoms. The topological polar surface area (TPSA) is 50.4 Å². The highest BCUT2D eigenvalue weighted by molar-refractivity contribution is 5.60. The van der Waals surface area contributed by atoms with Crippen molar-refractivity contribution in [1.82, 2.24) is 14.6 Å². The van der Waals surface area contributed by atoms with Gasteiger partial charge < -0.3 is 5.11 Å². The first-order valence-electron chi connectivity index (χ1n) is 6.35. The van der Waals surface area contributed by atoms with Crippen LogP contribution < -0.4 is 0 Å². The molecular weight excluding hydrogens is 238 g/mol. The second kappa shape index (κ2) is 4.82. The van der Waals surface area contributed by atoms with Crippen LogP contribution in [-0.2, 0) is 13.0 Å². The summed E-state index contributed by atoms with van der Waals surface area (Å²) < 4.78 is 1.70. The van der Waals surface area contributed by atoms with E-state index in [4.69, 9.17) is 5.11 Å². The molecule has 1 N–H and O–H groups in total. The minimum Gasteiger partial charge on any atom is -0.390 e. The fourth-order valence-corrected chi connectivity index (χ4v) is 2.07. The molecule has 0 bridgehead atoms. The molecular formula is C15H15N3O. The third-order valence-corrected chi connectivity index (χ3v) is 3.19. The standard InChI is InChI=1S/C15H15N3O/c1-2-11-3-5-12(6-4-11)14-7-8-15-16-13(10-19)9-18(15)17-14/h3-9,19H,2,10H2,1H3. The molecule has 0 saturated carbocycles. The van der Waals surface area contributed by atoms with E-state index < -0.39 is 0 Å². The lowest BCUT2D eigenvalue weighted by Crippen LogP contribution is -1.93. The molecule has 0 atom stereocenters. The Hall–Kier alpha value is -2.20. The highest BCUT2D eigenvalue weighted by Gasteiger charge is 2.04. The average molecular weight is 253 g/mol. The molecule has 96 valence electrons. The normalized spacial score (nSPS) is 11.1. The summed E-state index contributed by atoms with van der Waals surface area (Å²) >= 11 is 0. The average Bonchev–Trinajstić information content (AvgIpc) is 2.89. The van der Waals surface area contributed by atoms with E-state index in [1.54, 1.807) is 10.7 Å². The lowest BCUT2D eigenvalue weighted by Gasteiger charge is -2.02. The maximum atomic E-state index is 9.08. The van der Waals surface area contributed by atoms with Crippen LogP contribution in [-0.4, -0.2) is 19.7 Å². The Bertz CT molecular complexity index is 701. The summed E-state index contributed by atoms with van der Waals surface area (Å²) in [6, 6.07) is 12.3. The van der Waals surface area contributed by atoms with Gasteiger partial charge in [-0.3, -0.25) is 0 Å². The van der Waals surface area contributed by atoms with Crippen LogP contribution in [0.25, 0.3) is 16.9 Å². The van der Waals surface area contributed by atoms with Crippen LogP contribution in [0, 0.1) is 0 Å². The summed E-state index contributed by atoms with van der Waals surface area (Å²) in [5.41, 5.74) is 4.68. The van der Waals surface area contributed by atoms with E-state index >= 15 is 0 Å². The molecule has 3 aromatic rings. The van der Waals surface area contributed by atoms with Gasteiger partial charge in [0, 0.05) is 5.56 Å². The van der Waals surface area contributed by atoms with Crippen LogP contribution in [0.15, 0.2) is 42.6 Å². The quantitative estimate of drug-likeness (QED) is 0.780. The molecule has 0 saturated heterocycles. The zero-order chi connectivity index (χ0) is 13.2. The fraction of sp³-hybridized carbons (Fsp3) is 0.200. The van der Waals surface area contributed by atoms with Crippen LogP contribution in [0.1, 0.15) is 18.2 Å². The van der Waals surface area contributed by atoms with E-state index in [0.29, 0.717) is 5.69 Å². The SMILES string of the molecule is CCc1ccc(-c2ccc3nc(CO)cn3n2)cc1. The molecule has 0 aliphatic carbocycles. The Labute approximate surface area is 111 Å². The van der Waals surface area contributed by atoms with Crippen molar-refractivity contribution in [1.29, 1.82) is 0 Å². The van der Waals surface area contributed by atoms with Crippen molar-refractivity contribution in [2.24, 2.45) is 0 Å². The van der Waals surface area contributed by atoms with Gasteiger partial charge in [0.2, 0.25) is 0 Å². The van der Waals surface area contributed by atoms with Crippen molar-refractivity contribution in [3.05, 3.63) is 53.9 Å². The minimum atomic E-state index is -0.0656. The van der Waals surface area contributed by atoms with Gasteiger partial charge in [-0.2, -0.15) is 5.10 Å². The van der Waals surface area contributed by atoms with Crippen LogP contribution in [0.2, 0.25) is 0 Å². The molecule has 2 heterocycles. The molecule has 0 fully saturated rings. The Kier molecular flexibility index (Phi) is 3.01. The fourth-order valence-electron chi connectivity index (χ4n) is 2.07. The molecule has 0 amide bonds. The van der Waals surface area contributed by atoms with Crippen molar-refractivity contribution < 1.29 is 5.11 Å². The summed E-state index contributed by atoms with van der Waals surface area (Å²) in [5.74, 6) is 0. The zero-order valence-corrected chi connectivity index (χ0v) is 10.7. The Morgan fingerprint density at radius 1 is 1.11 bits per heavy atom. The maximum absolute atomic E-state index is 9.08. The minimum absolute atomic E-state index is 0.0656. The molecule has 4 heteroatoms.